The molecule has 4 heteroatoms. The standard InChI is InChI=1S/C12H23N3O/c1-4-5-6-12(10-16-3)13-9-11-7-8-15(2)14-11/h7-8,12-13H,4-6,9-10H2,1-3H3. The molecule has 16 heavy (non-hydrogen) atoms. The zero-order valence-electron chi connectivity index (χ0n) is 10.6. The monoisotopic (exact) mass is 225 g/mol. The fourth-order valence-corrected chi connectivity index (χ4v) is 1.70. The fourth-order valence-electron chi connectivity index (χ4n) is 1.70. The van der Waals surface area contributed by atoms with Crippen molar-refractivity contribution in [3.63, 3.8) is 0 Å². The number of aryl methyl sites for hydroxylation is 1. The van der Waals surface area contributed by atoms with Gasteiger partial charge in [-0.25, -0.2) is 0 Å². The third-order valence-corrected chi connectivity index (χ3v) is 2.61. The molecule has 1 aromatic heterocycles. The summed E-state index contributed by atoms with van der Waals surface area (Å²) in [6.45, 7) is 3.80. The second kappa shape index (κ2) is 7.41. The maximum Gasteiger partial charge on any atom is 0.0762 e. The molecule has 0 spiro atoms. The average Bonchev–Trinajstić information content (AvgIpc) is 2.68. The van der Waals surface area contributed by atoms with E-state index in [9.17, 15) is 0 Å². The van der Waals surface area contributed by atoms with Crippen LogP contribution >= 0.6 is 0 Å². The number of hydrogen-bond donors (Lipinski definition) is 1. The van der Waals surface area contributed by atoms with Gasteiger partial charge in [-0.2, -0.15) is 5.10 Å². The van der Waals surface area contributed by atoms with E-state index >= 15 is 0 Å². The van der Waals surface area contributed by atoms with Crippen LogP contribution in [-0.4, -0.2) is 29.5 Å². The van der Waals surface area contributed by atoms with Crippen molar-refractivity contribution < 1.29 is 4.74 Å². The van der Waals surface area contributed by atoms with E-state index in [1.807, 2.05) is 24.0 Å². The van der Waals surface area contributed by atoms with Crippen LogP contribution in [0.25, 0.3) is 0 Å². The Bertz CT molecular complexity index is 286. The molecule has 0 aromatic carbocycles. The van der Waals surface area contributed by atoms with Gasteiger partial charge in [-0.05, 0) is 12.5 Å². The van der Waals surface area contributed by atoms with E-state index in [1.54, 1.807) is 7.11 Å². The lowest BCUT2D eigenvalue weighted by atomic mass is 10.1. The number of methoxy groups -OCH3 is 1. The predicted molar refractivity (Wildman–Crippen MR) is 65.2 cm³/mol. The minimum Gasteiger partial charge on any atom is -0.383 e. The van der Waals surface area contributed by atoms with Crippen molar-refractivity contribution in [2.24, 2.45) is 7.05 Å². The first-order valence-corrected chi connectivity index (χ1v) is 5.97. The first kappa shape index (κ1) is 13.2. The van der Waals surface area contributed by atoms with E-state index in [-0.39, 0.29) is 0 Å². The van der Waals surface area contributed by atoms with Crippen LogP contribution in [0.1, 0.15) is 31.9 Å². The quantitative estimate of drug-likeness (QED) is 0.732. The largest absolute Gasteiger partial charge is 0.383 e. The molecule has 1 rings (SSSR count). The molecule has 4 nitrogen and oxygen atoms in total. The number of unbranched alkanes of at least 4 members (excludes halogenated alkanes) is 1. The van der Waals surface area contributed by atoms with E-state index < -0.39 is 0 Å². The molecule has 0 aliphatic heterocycles. The molecular weight excluding hydrogens is 202 g/mol. The summed E-state index contributed by atoms with van der Waals surface area (Å²) in [7, 11) is 3.69. The van der Waals surface area contributed by atoms with Crippen LogP contribution in [-0.2, 0) is 18.3 Å². The van der Waals surface area contributed by atoms with Gasteiger partial charge in [0.05, 0.1) is 12.3 Å². The van der Waals surface area contributed by atoms with E-state index in [0.717, 1.165) is 25.3 Å². The smallest absolute Gasteiger partial charge is 0.0762 e. The van der Waals surface area contributed by atoms with Crippen LogP contribution < -0.4 is 5.32 Å². The Hall–Kier alpha value is -0.870. The number of nitrogens with zero attached hydrogens (tertiary/aromatic N) is 2. The number of hydrogen-bond acceptors (Lipinski definition) is 3. The molecule has 1 aromatic rings. The normalized spacial score (nSPS) is 12.9. The zero-order valence-corrected chi connectivity index (χ0v) is 10.6. The molecule has 0 amide bonds. The van der Waals surface area contributed by atoms with Crippen LogP contribution in [0.3, 0.4) is 0 Å². The van der Waals surface area contributed by atoms with Crippen molar-refractivity contribution in [3.05, 3.63) is 18.0 Å². The zero-order chi connectivity index (χ0) is 11.8. The SMILES string of the molecule is CCCCC(COC)NCc1ccn(C)n1. The van der Waals surface area contributed by atoms with Gasteiger partial charge in [0.15, 0.2) is 0 Å². The Kier molecular flexibility index (Phi) is 6.11. The summed E-state index contributed by atoms with van der Waals surface area (Å²) in [6, 6.07) is 2.48. The summed E-state index contributed by atoms with van der Waals surface area (Å²) < 4.78 is 7.03. The van der Waals surface area contributed by atoms with Gasteiger partial charge in [0.1, 0.15) is 0 Å². The lowest BCUT2D eigenvalue weighted by molar-refractivity contribution is 0.160. The Morgan fingerprint density at radius 3 is 2.94 bits per heavy atom. The summed E-state index contributed by atoms with van der Waals surface area (Å²) in [5.74, 6) is 0. The molecule has 0 saturated heterocycles. The minimum absolute atomic E-state index is 0.437. The molecule has 0 aliphatic rings. The molecule has 1 heterocycles. The van der Waals surface area contributed by atoms with Gasteiger partial charge >= 0.3 is 0 Å². The first-order chi connectivity index (χ1) is 7.76. The van der Waals surface area contributed by atoms with E-state index in [1.165, 1.54) is 12.8 Å². The molecule has 92 valence electrons. The molecule has 0 saturated carbocycles. The highest BCUT2D eigenvalue weighted by Crippen LogP contribution is 2.02. The predicted octanol–water partition coefficient (Wildman–Crippen LogP) is 1.71. The Balaban J connectivity index is 2.30. The van der Waals surface area contributed by atoms with Crippen LogP contribution in [0, 0.1) is 0 Å². The van der Waals surface area contributed by atoms with Crippen molar-refractivity contribution >= 4 is 0 Å². The van der Waals surface area contributed by atoms with Gasteiger partial charge in [-0.1, -0.05) is 19.8 Å². The number of rotatable bonds is 8. The molecule has 0 aliphatic carbocycles. The lowest BCUT2D eigenvalue weighted by Crippen LogP contribution is -2.32. The highest BCUT2D eigenvalue weighted by molar-refractivity contribution is 4.98. The van der Waals surface area contributed by atoms with E-state index in [2.05, 4.69) is 17.3 Å². The first-order valence-electron chi connectivity index (χ1n) is 5.97. The van der Waals surface area contributed by atoms with Crippen LogP contribution in [0.15, 0.2) is 12.3 Å². The summed E-state index contributed by atoms with van der Waals surface area (Å²) in [5.41, 5.74) is 1.08. The molecule has 0 radical (unpaired) electrons. The van der Waals surface area contributed by atoms with Gasteiger partial charge in [-0.15, -0.1) is 0 Å². The van der Waals surface area contributed by atoms with E-state index in [4.69, 9.17) is 4.74 Å². The maximum atomic E-state index is 5.21. The van der Waals surface area contributed by atoms with Gasteiger partial charge < -0.3 is 10.1 Å². The second-order valence-corrected chi connectivity index (χ2v) is 4.16. The van der Waals surface area contributed by atoms with Crippen molar-refractivity contribution in [2.75, 3.05) is 13.7 Å². The summed E-state index contributed by atoms with van der Waals surface area (Å²) in [4.78, 5) is 0. The topological polar surface area (TPSA) is 39.1 Å². The van der Waals surface area contributed by atoms with Crippen LogP contribution in [0.2, 0.25) is 0 Å². The minimum atomic E-state index is 0.437. The Labute approximate surface area is 98.0 Å². The molecular formula is C12H23N3O. The molecule has 0 bridgehead atoms. The van der Waals surface area contributed by atoms with Crippen molar-refractivity contribution in [2.45, 2.75) is 38.8 Å². The summed E-state index contributed by atoms with van der Waals surface area (Å²) >= 11 is 0. The van der Waals surface area contributed by atoms with Crippen molar-refractivity contribution in [1.82, 2.24) is 15.1 Å². The lowest BCUT2D eigenvalue weighted by Gasteiger charge is -2.16. The average molecular weight is 225 g/mol. The second-order valence-electron chi connectivity index (χ2n) is 4.16. The molecule has 1 atom stereocenters. The number of nitrogens with one attached hydrogen (secondary N) is 1. The Morgan fingerprint density at radius 1 is 1.56 bits per heavy atom. The third kappa shape index (κ3) is 4.77. The fraction of sp³-hybridized carbons (Fsp3) is 0.750. The Morgan fingerprint density at radius 2 is 2.38 bits per heavy atom. The summed E-state index contributed by atoms with van der Waals surface area (Å²) in [5, 5.41) is 7.82. The van der Waals surface area contributed by atoms with Crippen LogP contribution in [0.5, 0.6) is 0 Å². The summed E-state index contributed by atoms with van der Waals surface area (Å²) in [6.07, 6.45) is 5.60. The van der Waals surface area contributed by atoms with E-state index in [0.29, 0.717) is 6.04 Å². The molecule has 1 N–H and O–H groups in total. The number of aromatic nitrogens is 2. The number of ether oxygens (including phenoxy) is 1. The van der Waals surface area contributed by atoms with Gasteiger partial charge in [0, 0.05) is 32.9 Å². The van der Waals surface area contributed by atoms with Crippen LogP contribution in [0.4, 0.5) is 0 Å². The third-order valence-electron chi connectivity index (χ3n) is 2.61. The molecule has 1 unspecified atom stereocenters. The van der Waals surface area contributed by atoms with Crippen molar-refractivity contribution in [1.29, 1.82) is 0 Å². The maximum absolute atomic E-state index is 5.21. The highest BCUT2D eigenvalue weighted by atomic mass is 16.5. The van der Waals surface area contributed by atoms with Gasteiger partial charge in [-0.3, -0.25) is 4.68 Å². The van der Waals surface area contributed by atoms with Gasteiger partial charge in [0.2, 0.25) is 0 Å². The van der Waals surface area contributed by atoms with Crippen molar-refractivity contribution in [3.8, 4) is 0 Å². The van der Waals surface area contributed by atoms with Gasteiger partial charge in [0.25, 0.3) is 0 Å². The highest BCUT2D eigenvalue weighted by Gasteiger charge is 2.07. The molecule has 0 fully saturated rings.